The Hall–Kier alpha value is -0.0800. The van der Waals surface area contributed by atoms with Crippen molar-refractivity contribution >= 4 is 0 Å². The lowest BCUT2D eigenvalue weighted by molar-refractivity contribution is 0.109. The van der Waals surface area contributed by atoms with E-state index in [1.165, 1.54) is 25.7 Å². The van der Waals surface area contributed by atoms with Crippen LogP contribution in [0.1, 0.15) is 59.3 Å². The van der Waals surface area contributed by atoms with Crippen LogP contribution in [0.15, 0.2) is 0 Å². The molecular formula is C15H31NO. The quantitative estimate of drug-likeness (QED) is 0.717. The van der Waals surface area contributed by atoms with Crippen LogP contribution in [0.3, 0.4) is 0 Å². The highest BCUT2D eigenvalue weighted by atomic mass is 16.3. The van der Waals surface area contributed by atoms with E-state index in [1.54, 1.807) is 0 Å². The predicted molar refractivity (Wildman–Crippen MR) is 74.1 cm³/mol. The van der Waals surface area contributed by atoms with E-state index >= 15 is 0 Å². The Labute approximate surface area is 107 Å². The Morgan fingerprint density at radius 2 is 1.82 bits per heavy atom. The molecule has 0 radical (unpaired) electrons. The molecule has 2 unspecified atom stereocenters. The average molecular weight is 241 g/mol. The van der Waals surface area contributed by atoms with E-state index in [-0.39, 0.29) is 5.41 Å². The Morgan fingerprint density at radius 3 is 2.35 bits per heavy atom. The Morgan fingerprint density at radius 1 is 1.18 bits per heavy atom. The summed E-state index contributed by atoms with van der Waals surface area (Å²) in [5.74, 6) is 1.73. The molecule has 2 atom stereocenters. The van der Waals surface area contributed by atoms with Crippen molar-refractivity contribution in [2.75, 3.05) is 19.7 Å². The summed E-state index contributed by atoms with van der Waals surface area (Å²) >= 11 is 0. The minimum Gasteiger partial charge on any atom is -0.396 e. The van der Waals surface area contributed by atoms with Gasteiger partial charge in [0.05, 0.1) is 0 Å². The smallest absolute Gasteiger partial charge is 0.0499 e. The lowest BCUT2D eigenvalue weighted by Gasteiger charge is -2.33. The molecule has 0 bridgehead atoms. The first-order valence-electron chi connectivity index (χ1n) is 7.49. The zero-order valence-corrected chi connectivity index (χ0v) is 12.0. The minimum atomic E-state index is 0.109. The van der Waals surface area contributed by atoms with E-state index in [0.29, 0.717) is 6.61 Å². The summed E-state index contributed by atoms with van der Waals surface area (Å²) in [6.45, 7) is 9.19. The van der Waals surface area contributed by atoms with Crippen molar-refractivity contribution in [3.63, 3.8) is 0 Å². The molecule has 0 aliphatic heterocycles. The number of nitrogens with one attached hydrogen (secondary N) is 1. The second-order valence-corrected chi connectivity index (χ2v) is 6.02. The van der Waals surface area contributed by atoms with E-state index in [1.807, 2.05) is 0 Å². The molecule has 0 aromatic rings. The van der Waals surface area contributed by atoms with Gasteiger partial charge < -0.3 is 10.4 Å². The van der Waals surface area contributed by atoms with Crippen molar-refractivity contribution in [1.29, 1.82) is 0 Å². The second-order valence-electron chi connectivity index (χ2n) is 6.02. The van der Waals surface area contributed by atoms with Gasteiger partial charge in [0.25, 0.3) is 0 Å². The topological polar surface area (TPSA) is 32.3 Å². The summed E-state index contributed by atoms with van der Waals surface area (Å²) in [4.78, 5) is 0. The van der Waals surface area contributed by atoms with Gasteiger partial charge in [-0.3, -0.25) is 0 Å². The Kier molecular flexibility index (Phi) is 6.50. The SMILES string of the molecule is CCC(CC)(CO)CNCC1CCCCC1C. The van der Waals surface area contributed by atoms with Crippen molar-refractivity contribution < 1.29 is 5.11 Å². The van der Waals surface area contributed by atoms with E-state index in [4.69, 9.17) is 0 Å². The Balaban J connectivity index is 2.30. The normalized spacial score (nSPS) is 26.1. The number of hydrogen-bond donors (Lipinski definition) is 2. The fourth-order valence-corrected chi connectivity index (χ4v) is 3.00. The standard InChI is InChI=1S/C15H31NO/c1-4-15(5-2,12-17)11-16-10-14-9-7-6-8-13(14)3/h13-14,16-17H,4-12H2,1-3H3. The predicted octanol–water partition coefficient (Wildman–Crippen LogP) is 3.20. The molecule has 0 saturated heterocycles. The van der Waals surface area contributed by atoms with Crippen LogP contribution < -0.4 is 5.32 Å². The summed E-state index contributed by atoms with van der Waals surface area (Å²) in [7, 11) is 0. The molecule has 2 heteroatoms. The number of rotatable bonds is 7. The van der Waals surface area contributed by atoms with E-state index in [0.717, 1.165) is 37.8 Å². The van der Waals surface area contributed by atoms with Gasteiger partial charge in [-0.25, -0.2) is 0 Å². The molecule has 2 N–H and O–H groups in total. The van der Waals surface area contributed by atoms with Gasteiger partial charge in [-0.05, 0) is 37.6 Å². The van der Waals surface area contributed by atoms with E-state index in [2.05, 4.69) is 26.1 Å². The monoisotopic (exact) mass is 241 g/mol. The molecule has 0 heterocycles. The van der Waals surface area contributed by atoms with Gasteiger partial charge in [0.2, 0.25) is 0 Å². The van der Waals surface area contributed by atoms with Crippen LogP contribution in [0.5, 0.6) is 0 Å². The van der Waals surface area contributed by atoms with Gasteiger partial charge in [-0.1, -0.05) is 40.0 Å². The first kappa shape index (κ1) is 15.0. The molecule has 1 aliphatic rings. The van der Waals surface area contributed by atoms with Crippen LogP contribution in [0, 0.1) is 17.3 Å². The minimum absolute atomic E-state index is 0.109. The molecule has 2 nitrogen and oxygen atoms in total. The summed E-state index contributed by atoms with van der Waals surface area (Å²) in [6.07, 6.45) is 7.74. The van der Waals surface area contributed by atoms with Crippen molar-refractivity contribution in [2.24, 2.45) is 17.3 Å². The maximum Gasteiger partial charge on any atom is 0.0499 e. The lowest BCUT2D eigenvalue weighted by Crippen LogP contribution is -2.39. The summed E-state index contributed by atoms with van der Waals surface area (Å²) in [5.41, 5.74) is 0.109. The highest BCUT2D eigenvalue weighted by Crippen LogP contribution is 2.29. The van der Waals surface area contributed by atoms with Crippen LogP contribution in [-0.2, 0) is 0 Å². The molecule has 0 aromatic heterocycles. The third-order valence-electron chi connectivity index (χ3n) is 5.03. The fraction of sp³-hybridized carbons (Fsp3) is 1.00. The summed E-state index contributed by atoms with van der Waals surface area (Å²) in [6, 6.07) is 0. The van der Waals surface area contributed by atoms with Crippen molar-refractivity contribution in [2.45, 2.75) is 59.3 Å². The van der Waals surface area contributed by atoms with Crippen molar-refractivity contribution in [3.8, 4) is 0 Å². The molecule has 0 amide bonds. The largest absolute Gasteiger partial charge is 0.396 e. The van der Waals surface area contributed by atoms with Gasteiger partial charge in [-0.15, -0.1) is 0 Å². The van der Waals surface area contributed by atoms with Crippen LogP contribution in [0.25, 0.3) is 0 Å². The zero-order valence-electron chi connectivity index (χ0n) is 12.0. The Bertz CT molecular complexity index is 193. The van der Waals surface area contributed by atoms with Crippen LogP contribution >= 0.6 is 0 Å². The number of aliphatic hydroxyl groups excluding tert-OH is 1. The molecule has 0 spiro atoms. The van der Waals surface area contributed by atoms with E-state index < -0.39 is 0 Å². The molecule has 1 saturated carbocycles. The average Bonchev–Trinajstić information content (AvgIpc) is 2.37. The molecule has 102 valence electrons. The molecular weight excluding hydrogens is 210 g/mol. The first-order valence-corrected chi connectivity index (χ1v) is 7.49. The van der Waals surface area contributed by atoms with Crippen LogP contribution in [0.2, 0.25) is 0 Å². The maximum absolute atomic E-state index is 9.53. The van der Waals surface area contributed by atoms with Crippen LogP contribution in [0.4, 0.5) is 0 Å². The first-order chi connectivity index (χ1) is 8.17. The third kappa shape index (κ3) is 4.26. The van der Waals surface area contributed by atoms with Crippen molar-refractivity contribution in [3.05, 3.63) is 0 Å². The lowest BCUT2D eigenvalue weighted by atomic mass is 9.79. The molecule has 1 fully saturated rings. The van der Waals surface area contributed by atoms with Gasteiger partial charge in [-0.2, -0.15) is 0 Å². The van der Waals surface area contributed by atoms with Gasteiger partial charge in [0.15, 0.2) is 0 Å². The highest BCUT2D eigenvalue weighted by Gasteiger charge is 2.26. The molecule has 17 heavy (non-hydrogen) atoms. The maximum atomic E-state index is 9.53. The fourth-order valence-electron chi connectivity index (χ4n) is 3.00. The van der Waals surface area contributed by atoms with E-state index in [9.17, 15) is 5.11 Å². The van der Waals surface area contributed by atoms with Gasteiger partial charge in [0, 0.05) is 18.6 Å². The molecule has 1 rings (SSSR count). The second kappa shape index (κ2) is 7.38. The molecule has 1 aliphatic carbocycles. The van der Waals surface area contributed by atoms with Crippen molar-refractivity contribution in [1.82, 2.24) is 5.32 Å². The summed E-state index contributed by atoms with van der Waals surface area (Å²) in [5, 5.41) is 13.1. The summed E-state index contributed by atoms with van der Waals surface area (Å²) < 4.78 is 0. The molecule has 0 aromatic carbocycles. The van der Waals surface area contributed by atoms with Crippen LogP contribution in [-0.4, -0.2) is 24.8 Å². The highest BCUT2D eigenvalue weighted by molar-refractivity contribution is 4.80. The third-order valence-corrected chi connectivity index (χ3v) is 5.03. The number of aliphatic hydroxyl groups is 1. The van der Waals surface area contributed by atoms with Gasteiger partial charge >= 0.3 is 0 Å². The zero-order chi connectivity index (χ0) is 12.7. The van der Waals surface area contributed by atoms with Gasteiger partial charge in [0.1, 0.15) is 0 Å². The number of hydrogen-bond acceptors (Lipinski definition) is 2.